The average Bonchev–Trinajstić information content (AvgIpc) is 3.54. The second kappa shape index (κ2) is 6.09. The van der Waals surface area contributed by atoms with Crippen molar-refractivity contribution in [2.75, 3.05) is 0 Å². The van der Waals surface area contributed by atoms with E-state index in [0.29, 0.717) is 18.3 Å². The van der Waals surface area contributed by atoms with Crippen LogP contribution in [0.4, 0.5) is 0 Å². The number of hydrogen-bond donors (Lipinski definition) is 1. The molecule has 5 aromatic rings. The molecule has 2 heteroatoms. The molecule has 45 heavy (non-hydrogen) atoms. The van der Waals surface area contributed by atoms with Crippen molar-refractivity contribution in [2.24, 2.45) is 11.3 Å². The van der Waals surface area contributed by atoms with Gasteiger partial charge in [-0.2, -0.15) is 0 Å². The molecule has 0 amide bonds. The predicted molar refractivity (Wildman–Crippen MR) is 179 cm³/mol. The van der Waals surface area contributed by atoms with Crippen LogP contribution in [0, 0.1) is 11.3 Å². The highest BCUT2D eigenvalue weighted by Gasteiger charge is 2.89. The van der Waals surface area contributed by atoms with Crippen LogP contribution < -0.4 is 0 Å². The van der Waals surface area contributed by atoms with Gasteiger partial charge in [0.1, 0.15) is 0 Å². The van der Waals surface area contributed by atoms with E-state index in [9.17, 15) is 9.90 Å². The van der Waals surface area contributed by atoms with Crippen LogP contribution in [0.2, 0.25) is 0 Å². The molecule has 0 heterocycles. The Hall–Kier alpha value is -4.69. The third-order valence-corrected chi connectivity index (χ3v) is 14.3. The van der Waals surface area contributed by atoms with Crippen LogP contribution in [0.25, 0.3) is 55.6 Å². The molecule has 0 aliphatic heterocycles. The monoisotopic (exact) mass is 574 g/mol. The van der Waals surface area contributed by atoms with Gasteiger partial charge in [-0.05, 0) is 130 Å². The first-order valence-electron chi connectivity index (χ1n) is 16.8. The summed E-state index contributed by atoms with van der Waals surface area (Å²) < 4.78 is 0. The Balaban J connectivity index is 1.27. The highest BCUT2D eigenvalue weighted by molar-refractivity contribution is 6.35. The minimum absolute atomic E-state index is 0.197. The van der Waals surface area contributed by atoms with E-state index in [1.165, 1.54) is 33.4 Å². The maximum Gasteiger partial charge on any atom is 0.303 e. The molecule has 0 radical (unpaired) electrons. The number of benzene rings is 5. The molecule has 5 unspecified atom stereocenters. The molecule has 1 N–H and O–H groups in total. The van der Waals surface area contributed by atoms with Gasteiger partial charge in [-0.25, -0.2) is 0 Å². The number of carbonyl (C=O) groups is 1. The molecule has 0 aromatic heterocycles. The largest absolute Gasteiger partial charge is 0.481 e. The van der Waals surface area contributed by atoms with Crippen LogP contribution in [0.5, 0.6) is 0 Å². The zero-order chi connectivity index (χ0) is 28.9. The molecule has 14 rings (SSSR count). The third kappa shape index (κ3) is 1.74. The SMILES string of the molecule is O=C(O)CCCC1(c2ccccc2)C23C=Cc4cc5c6c7c8c9c%10c%11c(cc%12c%10c(c%10c9c6c4C%1021)C(=C3)C%12)C=CC(C=C7C5)C%118. The van der Waals surface area contributed by atoms with Gasteiger partial charge < -0.3 is 5.11 Å². The fraction of sp³-hybridized carbons (Fsp3) is 0.233. The first-order valence-corrected chi connectivity index (χ1v) is 16.8. The van der Waals surface area contributed by atoms with Crippen LogP contribution in [0.1, 0.15) is 86.4 Å². The maximum absolute atomic E-state index is 12.0. The first kappa shape index (κ1) is 21.9. The molecule has 5 atom stereocenters. The van der Waals surface area contributed by atoms with Gasteiger partial charge in [-0.1, -0.05) is 78.9 Å². The lowest BCUT2D eigenvalue weighted by molar-refractivity contribution is -0.137. The minimum Gasteiger partial charge on any atom is -0.481 e. The van der Waals surface area contributed by atoms with Gasteiger partial charge in [0.2, 0.25) is 0 Å². The minimum atomic E-state index is -0.691. The topological polar surface area (TPSA) is 37.3 Å². The summed E-state index contributed by atoms with van der Waals surface area (Å²) in [4.78, 5) is 12.0. The van der Waals surface area contributed by atoms with Crippen molar-refractivity contribution in [3.05, 3.63) is 128 Å². The van der Waals surface area contributed by atoms with Gasteiger partial charge in [0.05, 0.1) is 0 Å². The molecule has 210 valence electrons. The van der Waals surface area contributed by atoms with E-state index in [-0.39, 0.29) is 22.7 Å². The molecule has 1 fully saturated rings. The van der Waals surface area contributed by atoms with E-state index in [0.717, 1.165) is 19.3 Å². The summed E-state index contributed by atoms with van der Waals surface area (Å²) in [7, 11) is 0. The lowest BCUT2D eigenvalue weighted by Gasteiger charge is -2.32. The summed E-state index contributed by atoms with van der Waals surface area (Å²) >= 11 is 0. The zero-order valence-corrected chi connectivity index (χ0v) is 24.6. The molecular formula is C43H26O2. The van der Waals surface area contributed by atoms with Crippen LogP contribution in [-0.4, -0.2) is 11.1 Å². The molecular weight excluding hydrogens is 548 g/mol. The number of carboxylic acids is 1. The Morgan fingerprint density at radius 2 is 1.60 bits per heavy atom. The summed E-state index contributed by atoms with van der Waals surface area (Å²) in [5.74, 6) is 0.176. The lowest BCUT2D eigenvalue weighted by Crippen LogP contribution is -2.25. The maximum atomic E-state index is 12.0. The average molecular weight is 575 g/mol. The Morgan fingerprint density at radius 3 is 2.47 bits per heavy atom. The van der Waals surface area contributed by atoms with Crippen LogP contribution in [0.15, 0.2) is 66.8 Å². The number of rotatable bonds is 5. The number of allylic oxidation sites excluding steroid dienone is 6. The lowest BCUT2D eigenvalue weighted by atomic mass is 9.70. The van der Waals surface area contributed by atoms with E-state index in [1.54, 1.807) is 71.3 Å². The fourth-order valence-electron chi connectivity index (χ4n) is 13.5. The van der Waals surface area contributed by atoms with Crippen molar-refractivity contribution in [2.45, 2.75) is 48.9 Å². The summed E-state index contributed by atoms with van der Waals surface area (Å²) in [6.07, 6.45) is 19.1. The van der Waals surface area contributed by atoms with Gasteiger partial charge in [0, 0.05) is 34.5 Å². The van der Waals surface area contributed by atoms with Gasteiger partial charge in [0.25, 0.3) is 0 Å². The second-order valence-electron chi connectivity index (χ2n) is 15.4. The van der Waals surface area contributed by atoms with Gasteiger partial charge in [0.15, 0.2) is 0 Å². The number of hydrogen-bond acceptors (Lipinski definition) is 1. The Kier molecular flexibility index (Phi) is 2.97. The summed E-state index contributed by atoms with van der Waals surface area (Å²) in [5.41, 5.74) is 19.3. The molecule has 0 bridgehead atoms. The molecule has 9 aliphatic carbocycles. The quantitative estimate of drug-likeness (QED) is 0.213. The summed E-state index contributed by atoms with van der Waals surface area (Å²) in [6.45, 7) is 0. The normalized spacial score (nSPS) is 31.7. The highest BCUT2D eigenvalue weighted by atomic mass is 16.4. The highest BCUT2D eigenvalue weighted by Crippen LogP contribution is 2.91. The van der Waals surface area contributed by atoms with Gasteiger partial charge >= 0.3 is 5.97 Å². The van der Waals surface area contributed by atoms with E-state index in [1.807, 2.05) is 0 Å². The Labute approximate surface area is 259 Å². The Morgan fingerprint density at radius 1 is 0.822 bits per heavy atom. The van der Waals surface area contributed by atoms with Gasteiger partial charge in [-0.15, -0.1) is 0 Å². The summed E-state index contributed by atoms with van der Waals surface area (Å²) in [6, 6.07) is 16.4. The van der Waals surface area contributed by atoms with Crippen LogP contribution >= 0.6 is 0 Å². The molecule has 5 aromatic carbocycles. The van der Waals surface area contributed by atoms with E-state index in [2.05, 4.69) is 78.9 Å². The molecule has 1 saturated carbocycles. The van der Waals surface area contributed by atoms with E-state index < -0.39 is 5.97 Å². The van der Waals surface area contributed by atoms with Crippen LogP contribution in [-0.2, 0) is 28.5 Å². The molecule has 2 nitrogen and oxygen atoms in total. The van der Waals surface area contributed by atoms with Crippen molar-refractivity contribution in [3.63, 3.8) is 0 Å². The molecule has 1 spiro atoms. The number of carboxylic acid groups (broad SMARTS) is 1. The van der Waals surface area contributed by atoms with Crippen molar-refractivity contribution in [1.29, 1.82) is 0 Å². The number of aliphatic carboxylic acids is 1. The summed E-state index contributed by atoms with van der Waals surface area (Å²) in [5, 5.41) is 19.3. The first-order chi connectivity index (χ1) is 22.1. The van der Waals surface area contributed by atoms with E-state index >= 15 is 0 Å². The predicted octanol–water partition coefficient (Wildman–Crippen LogP) is 8.96. The van der Waals surface area contributed by atoms with Crippen molar-refractivity contribution in [1.82, 2.24) is 0 Å². The molecule has 9 aliphatic rings. The third-order valence-electron chi connectivity index (χ3n) is 14.3. The van der Waals surface area contributed by atoms with Crippen LogP contribution in [0.3, 0.4) is 0 Å². The van der Waals surface area contributed by atoms with Gasteiger partial charge in [-0.3, -0.25) is 4.79 Å². The smallest absolute Gasteiger partial charge is 0.303 e. The van der Waals surface area contributed by atoms with Crippen molar-refractivity contribution in [3.8, 4) is 0 Å². The molecule has 0 saturated heterocycles. The van der Waals surface area contributed by atoms with E-state index in [4.69, 9.17) is 0 Å². The van der Waals surface area contributed by atoms with Crippen molar-refractivity contribution < 1.29 is 9.90 Å². The Bertz CT molecular complexity index is 2660. The standard InChI is InChI=1S/C43H26O2/c44-27(45)7-4-11-42(26-5-2-1-3-6-26)41-12-10-21-15-24-16-22-13-19-8-9-20-14-23-17-25(18-41)33-32(23)35-29(20)28(19)34-30(22)31(24)37-38(36(34)35)40(33)43(41,42)39(21)37/h1-3,5-6,8-10,12-15,18-19,28H,4,7,11,16-17H2,(H,44,45). The fourth-order valence-corrected chi connectivity index (χ4v) is 13.5. The zero-order valence-electron chi connectivity index (χ0n) is 24.6. The second-order valence-corrected chi connectivity index (χ2v) is 15.4. The van der Waals surface area contributed by atoms with Crippen molar-refractivity contribution >= 4 is 61.6 Å².